The Morgan fingerprint density at radius 1 is 1.58 bits per heavy atom. The summed E-state index contributed by atoms with van der Waals surface area (Å²) in [5, 5.41) is 12.4. The number of aryl methyl sites for hydroxylation is 1. The van der Waals surface area contributed by atoms with Gasteiger partial charge >= 0.3 is 5.97 Å². The standard InChI is InChI=1S/C13H14N4O2/c1-17-7-15-9-5-10(13(18)19)16-11(12(9)17)8-3-2-4-14-6-8/h2-4,6-7,10-11,16H,5H2,1H3,(H,18,19). The molecule has 0 fully saturated rings. The molecule has 0 aliphatic carbocycles. The van der Waals surface area contributed by atoms with Crippen molar-refractivity contribution >= 4 is 5.97 Å². The number of nitrogens with zero attached hydrogens (tertiary/aromatic N) is 3. The fourth-order valence-corrected chi connectivity index (χ4v) is 2.51. The van der Waals surface area contributed by atoms with Crippen molar-refractivity contribution in [1.82, 2.24) is 19.9 Å². The van der Waals surface area contributed by atoms with Crippen LogP contribution in [0.5, 0.6) is 0 Å². The fraction of sp³-hybridized carbons (Fsp3) is 0.308. The Labute approximate surface area is 110 Å². The van der Waals surface area contributed by atoms with Crippen LogP contribution >= 0.6 is 0 Å². The van der Waals surface area contributed by atoms with Gasteiger partial charge in [-0.1, -0.05) is 6.07 Å². The smallest absolute Gasteiger partial charge is 0.321 e. The minimum absolute atomic E-state index is 0.189. The Hall–Kier alpha value is -2.21. The number of rotatable bonds is 2. The van der Waals surface area contributed by atoms with Gasteiger partial charge in [-0.2, -0.15) is 0 Å². The molecule has 2 unspecified atom stereocenters. The predicted molar refractivity (Wildman–Crippen MR) is 67.6 cm³/mol. The van der Waals surface area contributed by atoms with Gasteiger partial charge in [-0.3, -0.25) is 15.1 Å². The summed E-state index contributed by atoms with van der Waals surface area (Å²) in [5.74, 6) is -0.856. The lowest BCUT2D eigenvalue weighted by atomic mass is 9.94. The van der Waals surface area contributed by atoms with Crippen molar-refractivity contribution in [2.75, 3.05) is 0 Å². The molecule has 98 valence electrons. The average Bonchev–Trinajstić information content (AvgIpc) is 2.80. The number of pyridine rings is 1. The molecule has 0 saturated heterocycles. The van der Waals surface area contributed by atoms with Gasteiger partial charge in [0.15, 0.2) is 0 Å². The monoisotopic (exact) mass is 258 g/mol. The Kier molecular flexibility index (Phi) is 2.79. The van der Waals surface area contributed by atoms with Crippen LogP contribution in [-0.2, 0) is 18.3 Å². The zero-order chi connectivity index (χ0) is 13.4. The topological polar surface area (TPSA) is 80.0 Å². The molecule has 19 heavy (non-hydrogen) atoms. The molecule has 0 spiro atoms. The van der Waals surface area contributed by atoms with Gasteiger partial charge in [0.2, 0.25) is 0 Å². The van der Waals surface area contributed by atoms with Crippen molar-refractivity contribution in [1.29, 1.82) is 0 Å². The van der Waals surface area contributed by atoms with Crippen molar-refractivity contribution in [2.45, 2.75) is 18.5 Å². The van der Waals surface area contributed by atoms with Gasteiger partial charge in [0, 0.05) is 25.9 Å². The van der Waals surface area contributed by atoms with Crippen LogP contribution in [0, 0.1) is 0 Å². The molecule has 1 aliphatic rings. The summed E-state index contributed by atoms with van der Waals surface area (Å²) in [4.78, 5) is 19.6. The first-order valence-corrected chi connectivity index (χ1v) is 6.05. The number of nitrogens with one attached hydrogen (secondary N) is 1. The summed E-state index contributed by atoms with van der Waals surface area (Å²) in [6.07, 6.45) is 5.58. The number of carboxylic acid groups (broad SMARTS) is 1. The number of hydrogen-bond acceptors (Lipinski definition) is 4. The highest BCUT2D eigenvalue weighted by Crippen LogP contribution is 2.29. The molecule has 2 aromatic rings. The lowest BCUT2D eigenvalue weighted by Gasteiger charge is -2.29. The molecule has 0 saturated carbocycles. The molecule has 2 N–H and O–H groups in total. The molecule has 2 atom stereocenters. The molecule has 6 heteroatoms. The summed E-state index contributed by atoms with van der Waals surface area (Å²) >= 11 is 0. The molecule has 0 bridgehead atoms. The second-order valence-electron chi connectivity index (χ2n) is 4.67. The van der Waals surface area contributed by atoms with Crippen LogP contribution in [0.4, 0.5) is 0 Å². The van der Waals surface area contributed by atoms with E-state index in [0.717, 1.165) is 17.0 Å². The van der Waals surface area contributed by atoms with Crippen LogP contribution < -0.4 is 5.32 Å². The minimum atomic E-state index is -0.856. The largest absolute Gasteiger partial charge is 0.480 e. The maximum Gasteiger partial charge on any atom is 0.321 e. The highest BCUT2D eigenvalue weighted by atomic mass is 16.4. The second-order valence-corrected chi connectivity index (χ2v) is 4.67. The minimum Gasteiger partial charge on any atom is -0.480 e. The molecular formula is C13H14N4O2. The van der Waals surface area contributed by atoms with E-state index in [1.165, 1.54) is 0 Å². The van der Waals surface area contributed by atoms with Crippen LogP contribution in [0.15, 0.2) is 30.9 Å². The highest BCUT2D eigenvalue weighted by molar-refractivity contribution is 5.74. The number of aromatic nitrogens is 3. The molecule has 2 aromatic heterocycles. The molecule has 0 radical (unpaired) electrons. The third-order valence-electron chi connectivity index (χ3n) is 3.42. The molecule has 0 amide bonds. The Morgan fingerprint density at radius 2 is 2.42 bits per heavy atom. The van der Waals surface area contributed by atoms with Crippen molar-refractivity contribution in [3.8, 4) is 0 Å². The quantitative estimate of drug-likeness (QED) is 0.820. The zero-order valence-electron chi connectivity index (χ0n) is 10.4. The molecule has 3 rings (SSSR count). The Balaban J connectivity index is 2.07. The Bertz CT molecular complexity index is 608. The lowest BCUT2D eigenvalue weighted by molar-refractivity contribution is -0.139. The third-order valence-corrected chi connectivity index (χ3v) is 3.42. The average molecular weight is 258 g/mol. The number of imidazole rings is 1. The lowest BCUT2D eigenvalue weighted by Crippen LogP contribution is -2.45. The van der Waals surface area contributed by atoms with Crippen LogP contribution in [-0.4, -0.2) is 31.7 Å². The maximum absolute atomic E-state index is 11.2. The van der Waals surface area contributed by atoms with Gasteiger partial charge in [0.05, 0.1) is 23.8 Å². The van der Waals surface area contributed by atoms with Gasteiger partial charge in [0.1, 0.15) is 6.04 Å². The van der Waals surface area contributed by atoms with Crippen molar-refractivity contribution < 1.29 is 9.90 Å². The van der Waals surface area contributed by atoms with E-state index in [1.807, 2.05) is 23.7 Å². The number of carbonyl (C=O) groups is 1. The first kappa shape index (κ1) is 11.9. The van der Waals surface area contributed by atoms with Crippen molar-refractivity contribution in [3.05, 3.63) is 47.8 Å². The molecule has 6 nitrogen and oxygen atoms in total. The summed E-state index contributed by atoms with van der Waals surface area (Å²) in [6, 6.07) is 2.97. The van der Waals surface area contributed by atoms with Gasteiger partial charge in [-0.15, -0.1) is 0 Å². The molecule has 3 heterocycles. The van der Waals surface area contributed by atoms with E-state index in [9.17, 15) is 9.90 Å². The van der Waals surface area contributed by atoms with E-state index < -0.39 is 12.0 Å². The summed E-state index contributed by atoms with van der Waals surface area (Å²) in [5.41, 5.74) is 2.78. The van der Waals surface area contributed by atoms with Crippen LogP contribution in [0.3, 0.4) is 0 Å². The van der Waals surface area contributed by atoms with Gasteiger partial charge in [-0.05, 0) is 11.6 Å². The highest BCUT2D eigenvalue weighted by Gasteiger charge is 2.34. The van der Waals surface area contributed by atoms with E-state index >= 15 is 0 Å². The Morgan fingerprint density at radius 3 is 3.11 bits per heavy atom. The first-order valence-electron chi connectivity index (χ1n) is 6.05. The number of hydrogen-bond donors (Lipinski definition) is 2. The van der Waals surface area contributed by atoms with E-state index in [1.54, 1.807) is 18.7 Å². The molecular weight excluding hydrogens is 244 g/mol. The normalized spacial score (nSPS) is 21.9. The van der Waals surface area contributed by atoms with E-state index in [4.69, 9.17) is 0 Å². The van der Waals surface area contributed by atoms with Gasteiger partial charge < -0.3 is 9.67 Å². The summed E-state index contributed by atoms with van der Waals surface area (Å²) in [6.45, 7) is 0. The molecule has 0 aromatic carbocycles. The van der Waals surface area contributed by atoms with E-state index in [0.29, 0.717) is 6.42 Å². The van der Waals surface area contributed by atoms with Gasteiger partial charge in [-0.25, -0.2) is 4.98 Å². The second kappa shape index (κ2) is 4.47. The zero-order valence-corrected chi connectivity index (χ0v) is 10.4. The first-order chi connectivity index (χ1) is 9.16. The van der Waals surface area contributed by atoms with E-state index in [-0.39, 0.29) is 6.04 Å². The fourth-order valence-electron chi connectivity index (χ4n) is 2.51. The van der Waals surface area contributed by atoms with Crippen LogP contribution in [0.25, 0.3) is 0 Å². The predicted octanol–water partition coefficient (Wildman–Crippen LogP) is 0.503. The number of carboxylic acids is 1. The van der Waals surface area contributed by atoms with Crippen molar-refractivity contribution in [3.63, 3.8) is 0 Å². The third kappa shape index (κ3) is 2.00. The van der Waals surface area contributed by atoms with Gasteiger partial charge in [0.25, 0.3) is 0 Å². The number of fused-ring (bicyclic) bond motifs is 1. The SMILES string of the molecule is Cn1cnc2c1C(c1cccnc1)NC(C(=O)O)C2. The number of aliphatic carboxylic acids is 1. The van der Waals surface area contributed by atoms with Crippen molar-refractivity contribution in [2.24, 2.45) is 7.05 Å². The summed E-state index contributed by atoms with van der Waals surface area (Å²) < 4.78 is 1.93. The van der Waals surface area contributed by atoms with E-state index in [2.05, 4.69) is 15.3 Å². The van der Waals surface area contributed by atoms with Crippen LogP contribution in [0.2, 0.25) is 0 Å². The van der Waals surface area contributed by atoms with Crippen LogP contribution in [0.1, 0.15) is 23.0 Å². The summed E-state index contributed by atoms with van der Waals surface area (Å²) in [7, 11) is 1.91. The maximum atomic E-state index is 11.2. The molecule has 1 aliphatic heterocycles.